The van der Waals surface area contributed by atoms with Gasteiger partial charge in [0, 0.05) is 5.92 Å². The fraction of sp³-hybridized carbons (Fsp3) is 1.00. The fourth-order valence-electron chi connectivity index (χ4n) is 2.22. The van der Waals surface area contributed by atoms with Gasteiger partial charge in [0.15, 0.2) is 0 Å². The summed E-state index contributed by atoms with van der Waals surface area (Å²) >= 11 is 0. The van der Waals surface area contributed by atoms with E-state index < -0.39 is 0 Å². The Kier molecular flexibility index (Phi) is 1.46. The zero-order valence-corrected chi connectivity index (χ0v) is 6.29. The largest absolute Gasteiger partial charge is 0.390 e. The van der Waals surface area contributed by atoms with E-state index in [0.29, 0.717) is 12.0 Å². The number of aliphatic hydroxyl groups is 1. The Balaban J connectivity index is 2.09. The van der Waals surface area contributed by atoms with Gasteiger partial charge in [0.05, 0.1) is 18.3 Å². The summed E-state index contributed by atoms with van der Waals surface area (Å²) in [7, 11) is 0. The molecule has 1 saturated carbocycles. The van der Waals surface area contributed by atoms with Crippen molar-refractivity contribution in [3.05, 3.63) is 0 Å². The molecule has 2 aliphatic rings. The molecule has 10 heavy (non-hydrogen) atoms. The molecule has 2 rings (SSSR count). The Morgan fingerprint density at radius 1 is 1.40 bits per heavy atom. The van der Waals surface area contributed by atoms with Gasteiger partial charge in [0.25, 0.3) is 0 Å². The lowest BCUT2D eigenvalue weighted by atomic mass is 9.99. The topological polar surface area (TPSA) is 29.5 Å². The first-order valence-electron chi connectivity index (χ1n) is 4.12. The van der Waals surface area contributed by atoms with Crippen LogP contribution in [-0.4, -0.2) is 23.4 Å². The predicted molar refractivity (Wildman–Crippen MR) is 37.7 cm³/mol. The van der Waals surface area contributed by atoms with Crippen LogP contribution in [0.2, 0.25) is 0 Å². The summed E-state index contributed by atoms with van der Waals surface area (Å²) in [5, 5.41) is 9.54. The highest BCUT2D eigenvalue weighted by Gasteiger charge is 2.43. The minimum absolute atomic E-state index is 0.0790. The zero-order chi connectivity index (χ0) is 7.14. The SMILES string of the molecule is C[C@H]1O[C@@H]2CCC[C@@H]2[C@H]1O. The third kappa shape index (κ3) is 0.789. The van der Waals surface area contributed by atoms with E-state index in [1.165, 1.54) is 6.42 Å². The van der Waals surface area contributed by atoms with Gasteiger partial charge in [0.2, 0.25) is 0 Å². The standard InChI is InChI=1S/C8H14O2/c1-5-8(9)6-3-2-4-7(6)10-5/h5-9H,2-4H2,1H3/t5-,6+,7-,8+/m1/s1. The molecule has 1 aliphatic carbocycles. The maximum atomic E-state index is 9.54. The molecule has 0 spiro atoms. The van der Waals surface area contributed by atoms with Crippen LogP contribution >= 0.6 is 0 Å². The van der Waals surface area contributed by atoms with Crippen LogP contribution in [0.3, 0.4) is 0 Å². The first-order valence-corrected chi connectivity index (χ1v) is 4.12. The van der Waals surface area contributed by atoms with Crippen molar-refractivity contribution in [1.82, 2.24) is 0 Å². The molecular formula is C8H14O2. The zero-order valence-electron chi connectivity index (χ0n) is 6.29. The van der Waals surface area contributed by atoms with Crippen molar-refractivity contribution < 1.29 is 9.84 Å². The molecule has 1 aliphatic heterocycles. The molecule has 58 valence electrons. The number of hydrogen-bond acceptors (Lipinski definition) is 2. The highest BCUT2D eigenvalue weighted by atomic mass is 16.5. The molecule has 2 nitrogen and oxygen atoms in total. The number of hydrogen-bond donors (Lipinski definition) is 1. The summed E-state index contributed by atoms with van der Waals surface area (Å²) in [6.45, 7) is 1.96. The van der Waals surface area contributed by atoms with E-state index in [2.05, 4.69) is 0 Å². The molecule has 4 atom stereocenters. The highest BCUT2D eigenvalue weighted by Crippen LogP contribution is 2.38. The molecule has 0 bridgehead atoms. The van der Waals surface area contributed by atoms with Gasteiger partial charge >= 0.3 is 0 Å². The molecule has 0 amide bonds. The summed E-state index contributed by atoms with van der Waals surface area (Å²) in [5.41, 5.74) is 0. The first-order chi connectivity index (χ1) is 4.79. The molecular weight excluding hydrogens is 128 g/mol. The van der Waals surface area contributed by atoms with E-state index in [9.17, 15) is 5.11 Å². The number of ether oxygens (including phenoxy) is 1. The Labute approximate surface area is 61.2 Å². The lowest BCUT2D eigenvalue weighted by molar-refractivity contribution is 0.0197. The van der Waals surface area contributed by atoms with Gasteiger partial charge in [-0.1, -0.05) is 6.42 Å². The smallest absolute Gasteiger partial charge is 0.0852 e. The van der Waals surface area contributed by atoms with E-state index in [0.717, 1.165) is 12.8 Å². The van der Waals surface area contributed by atoms with Gasteiger partial charge < -0.3 is 9.84 Å². The third-order valence-corrected chi connectivity index (χ3v) is 2.81. The van der Waals surface area contributed by atoms with Crippen molar-refractivity contribution in [2.75, 3.05) is 0 Å². The second-order valence-corrected chi connectivity index (χ2v) is 3.47. The molecule has 1 N–H and O–H groups in total. The van der Waals surface area contributed by atoms with Crippen LogP contribution in [-0.2, 0) is 4.74 Å². The minimum atomic E-state index is -0.188. The van der Waals surface area contributed by atoms with Crippen molar-refractivity contribution in [3.63, 3.8) is 0 Å². The van der Waals surface area contributed by atoms with E-state index in [1.54, 1.807) is 0 Å². The predicted octanol–water partition coefficient (Wildman–Crippen LogP) is 0.935. The summed E-state index contributed by atoms with van der Waals surface area (Å²) in [6, 6.07) is 0. The number of rotatable bonds is 0. The third-order valence-electron chi connectivity index (χ3n) is 2.81. The molecule has 1 heterocycles. The molecule has 0 aromatic rings. The van der Waals surface area contributed by atoms with Gasteiger partial charge in [-0.3, -0.25) is 0 Å². The van der Waals surface area contributed by atoms with Gasteiger partial charge in [0.1, 0.15) is 0 Å². The number of fused-ring (bicyclic) bond motifs is 1. The quantitative estimate of drug-likeness (QED) is 0.545. The summed E-state index contributed by atoms with van der Waals surface area (Å²) in [6.07, 6.45) is 3.83. The van der Waals surface area contributed by atoms with Crippen LogP contribution in [0, 0.1) is 5.92 Å². The lowest BCUT2D eigenvalue weighted by Crippen LogP contribution is -2.23. The lowest BCUT2D eigenvalue weighted by Gasteiger charge is -2.10. The average Bonchev–Trinajstić information content (AvgIpc) is 2.41. The van der Waals surface area contributed by atoms with Crippen LogP contribution in [0.5, 0.6) is 0 Å². The second kappa shape index (κ2) is 2.21. The Morgan fingerprint density at radius 3 is 2.90 bits per heavy atom. The van der Waals surface area contributed by atoms with Crippen LogP contribution in [0.4, 0.5) is 0 Å². The van der Waals surface area contributed by atoms with Crippen molar-refractivity contribution in [2.45, 2.75) is 44.5 Å². The molecule has 0 radical (unpaired) electrons. The van der Waals surface area contributed by atoms with E-state index >= 15 is 0 Å². The second-order valence-electron chi connectivity index (χ2n) is 3.47. The Morgan fingerprint density at radius 2 is 2.20 bits per heavy atom. The number of aliphatic hydroxyl groups excluding tert-OH is 1. The molecule has 2 fully saturated rings. The summed E-state index contributed by atoms with van der Waals surface area (Å²) in [5.74, 6) is 0.454. The molecule has 1 saturated heterocycles. The summed E-state index contributed by atoms with van der Waals surface area (Å²) < 4.78 is 5.55. The minimum Gasteiger partial charge on any atom is -0.390 e. The van der Waals surface area contributed by atoms with E-state index in [-0.39, 0.29) is 12.2 Å². The average molecular weight is 142 g/mol. The first kappa shape index (κ1) is 6.62. The molecule has 0 unspecified atom stereocenters. The Bertz CT molecular complexity index is 133. The Hall–Kier alpha value is -0.0800. The maximum Gasteiger partial charge on any atom is 0.0852 e. The normalized spacial score (nSPS) is 53.4. The van der Waals surface area contributed by atoms with Crippen LogP contribution in [0.15, 0.2) is 0 Å². The maximum absolute atomic E-state index is 9.54. The fourth-order valence-corrected chi connectivity index (χ4v) is 2.22. The van der Waals surface area contributed by atoms with E-state index in [1.807, 2.05) is 6.92 Å². The van der Waals surface area contributed by atoms with Crippen LogP contribution < -0.4 is 0 Å². The molecule has 0 aromatic heterocycles. The van der Waals surface area contributed by atoms with Crippen molar-refractivity contribution in [3.8, 4) is 0 Å². The van der Waals surface area contributed by atoms with E-state index in [4.69, 9.17) is 4.74 Å². The van der Waals surface area contributed by atoms with Gasteiger partial charge in [-0.15, -0.1) is 0 Å². The highest BCUT2D eigenvalue weighted by molar-refractivity contribution is 4.92. The summed E-state index contributed by atoms with van der Waals surface area (Å²) in [4.78, 5) is 0. The van der Waals surface area contributed by atoms with Gasteiger partial charge in [-0.2, -0.15) is 0 Å². The van der Waals surface area contributed by atoms with Crippen LogP contribution in [0.25, 0.3) is 0 Å². The van der Waals surface area contributed by atoms with Crippen LogP contribution in [0.1, 0.15) is 26.2 Å². The monoisotopic (exact) mass is 142 g/mol. The van der Waals surface area contributed by atoms with Crippen molar-refractivity contribution in [1.29, 1.82) is 0 Å². The van der Waals surface area contributed by atoms with Crippen molar-refractivity contribution in [2.24, 2.45) is 5.92 Å². The molecule has 2 heteroatoms. The molecule has 0 aromatic carbocycles. The van der Waals surface area contributed by atoms with Gasteiger partial charge in [-0.05, 0) is 19.8 Å². The van der Waals surface area contributed by atoms with Gasteiger partial charge in [-0.25, -0.2) is 0 Å². The van der Waals surface area contributed by atoms with Crippen molar-refractivity contribution >= 4 is 0 Å².